The molecule has 128 valence electrons. The monoisotopic (exact) mass is 361 g/mol. The van der Waals surface area contributed by atoms with Crippen LogP contribution in [0.4, 0.5) is 10.1 Å². The van der Waals surface area contributed by atoms with Gasteiger partial charge in [0.1, 0.15) is 11.9 Å². The van der Waals surface area contributed by atoms with Gasteiger partial charge in [-0.1, -0.05) is 29.8 Å². The molecule has 0 aliphatic carbocycles. The Labute approximate surface area is 147 Å². The zero-order chi connectivity index (χ0) is 18.0. The lowest BCUT2D eigenvalue weighted by molar-refractivity contribution is -0.121. The van der Waals surface area contributed by atoms with E-state index in [0.29, 0.717) is 5.69 Å². The lowest BCUT2D eigenvalue weighted by Crippen LogP contribution is -2.48. The first-order valence-corrected chi connectivity index (χ1v) is 7.78. The van der Waals surface area contributed by atoms with Gasteiger partial charge in [-0.05, 0) is 30.3 Å². The van der Waals surface area contributed by atoms with Crippen molar-refractivity contribution in [2.75, 3.05) is 4.90 Å². The van der Waals surface area contributed by atoms with Gasteiger partial charge in [0.05, 0.1) is 17.1 Å². The van der Waals surface area contributed by atoms with Crippen LogP contribution in [0.15, 0.2) is 48.5 Å². The lowest BCUT2D eigenvalue weighted by Gasteiger charge is -2.17. The number of para-hydroxylation sites is 1. The van der Waals surface area contributed by atoms with Gasteiger partial charge < -0.3 is 0 Å². The maximum absolute atomic E-state index is 13.1. The molecule has 1 aliphatic heterocycles. The molecule has 0 aromatic heterocycles. The van der Waals surface area contributed by atoms with Crippen molar-refractivity contribution in [3.05, 3.63) is 64.9 Å². The van der Waals surface area contributed by atoms with Crippen LogP contribution < -0.4 is 15.8 Å². The molecule has 3 rings (SSSR count). The van der Waals surface area contributed by atoms with E-state index in [1.165, 1.54) is 18.2 Å². The summed E-state index contributed by atoms with van der Waals surface area (Å²) in [4.78, 5) is 37.6. The van der Waals surface area contributed by atoms with E-state index >= 15 is 0 Å². The quantitative estimate of drug-likeness (QED) is 0.645. The molecular weight excluding hydrogens is 349 g/mol. The highest BCUT2D eigenvalue weighted by atomic mass is 35.5. The Bertz CT molecular complexity index is 859. The van der Waals surface area contributed by atoms with Crippen molar-refractivity contribution < 1.29 is 18.8 Å². The van der Waals surface area contributed by atoms with Crippen molar-refractivity contribution in [1.29, 1.82) is 0 Å². The maximum Gasteiger partial charge on any atom is 0.265 e. The minimum atomic E-state index is -0.929. The third-order valence-electron chi connectivity index (χ3n) is 3.69. The summed E-state index contributed by atoms with van der Waals surface area (Å²) in [5.74, 6) is -2.13. The summed E-state index contributed by atoms with van der Waals surface area (Å²) in [6.07, 6.45) is -0.131. The van der Waals surface area contributed by atoms with Crippen molar-refractivity contribution in [1.82, 2.24) is 10.9 Å². The lowest BCUT2D eigenvalue weighted by atomic mass is 10.2. The molecule has 2 N–H and O–H groups in total. The summed E-state index contributed by atoms with van der Waals surface area (Å²) in [5.41, 5.74) is 5.22. The molecule has 0 saturated carbocycles. The predicted molar refractivity (Wildman–Crippen MR) is 89.4 cm³/mol. The molecule has 8 heteroatoms. The van der Waals surface area contributed by atoms with Crippen LogP contribution in [-0.4, -0.2) is 23.8 Å². The molecule has 0 bridgehead atoms. The van der Waals surface area contributed by atoms with E-state index in [4.69, 9.17) is 11.6 Å². The minimum absolute atomic E-state index is 0.0900. The first kappa shape index (κ1) is 17.1. The zero-order valence-electron chi connectivity index (χ0n) is 12.8. The van der Waals surface area contributed by atoms with Gasteiger partial charge in [0.2, 0.25) is 5.91 Å². The Morgan fingerprint density at radius 3 is 2.64 bits per heavy atom. The molecule has 1 unspecified atom stereocenters. The number of hydrogen-bond donors (Lipinski definition) is 2. The van der Waals surface area contributed by atoms with Crippen LogP contribution in [0.5, 0.6) is 0 Å². The Hall–Kier alpha value is -2.77. The van der Waals surface area contributed by atoms with Crippen molar-refractivity contribution in [3.63, 3.8) is 0 Å². The highest BCUT2D eigenvalue weighted by Gasteiger charge is 2.40. The second kappa shape index (κ2) is 7.00. The van der Waals surface area contributed by atoms with Crippen molar-refractivity contribution >= 4 is 35.0 Å². The largest absolute Gasteiger partial charge is 0.287 e. The van der Waals surface area contributed by atoms with E-state index in [1.54, 1.807) is 24.3 Å². The minimum Gasteiger partial charge on any atom is -0.287 e. The number of amides is 3. The van der Waals surface area contributed by atoms with Crippen LogP contribution in [0, 0.1) is 5.82 Å². The molecule has 1 aliphatic rings. The second-order valence-corrected chi connectivity index (χ2v) is 5.79. The smallest absolute Gasteiger partial charge is 0.265 e. The molecule has 2 aromatic rings. The number of halogens is 2. The number of nitrogens with one attached hydrogen (secondary N) is 2. The summed E-state index contributed by atoms with van der Waals surface area (Å²) >= 11 is 6.03. The third kappa shape index (κ3) is 3.52. The average molecular weight is 362 g/mol. The van der Waals surface area contributed by atoms with Crippen LogP contribution in [0.25, 0.3) is 0 Å². The number of benzene rings is 2. The first-order chi connectivity index (χ1) is 12.0. The molecular formula is C17H13ClFN3O3. The van der Waals surface area contributed by atoms with Crippen LogP contribution >= 0.6 is 11.6 Å². The fraction of sp³-hybridized carbons (Fsp3) is 0.118. The van der Waals surface area contributed by atoms with Gasteiger partial charge in [0, 0.05) is 5.56 Å². The average Bonchev–Trinajstić information content (AvgIpc) is 2.87. The van der Waals surface area contributed by atoms with Crippen LogP contribution in [-0.2, 0) is 9.59 Å². The second-order valence-electron chi connectivity index (χ2n) is 5.38. The van der Waals surface area contributed by atoms with Crippen molar-refractivity contribution in [3.8, 4) is 0 Å². The molecule has 25 heavy (non-hydrogen) atoms. The summed E-state index contributed by atoms with van der Waals surface area (Å²) in [7, 11) is 0. The molecule has 1 fully saturated rings. The predicted octanol–water partition coefficient (Wildman–Crippen LogP) is 2.05. The number of anilines is 1. The van der Waals surface area contributed by atoms with Gasteiger partial charge in [0.25, 0.3) is 11.8 Å². The topological polar surface area (TPSA) is 78.5 Å². The summed E-state index contributed by atoms with van der Waals surface area (Å²) in [6.45, 7) is 0. The van der Waals surface area contributed by atoms with E-state index in [2.05, 4.69) is 10.9 Å². The van der Waals surface area contributed by atoms with E-state index in [9.17, 15) is 18.8 Å². The van der Waals surface area contributed by atoms with Gasteiger partial charge in [-0.15, -0.1) is 0 Å². The molecule has 0 radical (unpaired) electrons. The Morgan fingerprint density at radius 1 is 1.16 bits per heavy atom. The summed E-state index contributed by atoms with van der Waals surface area (Å²) in [6, 6.07) is 10.7. The van der Waals surface area contributed by atoms with Gasteiger partial charge in [-0.2, -0.15) is 0 Å². The molecule has 1 heterocycles. The zero-order valence-corrected chi connectivity index (χ0v) is 13.6. The molecule has 6 nitrogen and oxygen atoms in total. The van der Waals surface area contributed by atoms with Gasteiger partial charge >= 0.3 is 0 Å². The molecule has 3 amide bonds. The number of rotatable bonds is 4. The molecule has 2 aromatic carbocycles. The fourth-order valence-corrected chi connectivity index (χ4v) is 2.71. The Morgan fingerprint density at radius 2 is 1.92 bits per heavy atom. The van der Waals surface area contributed by atoms with Crippen LogP contribution in [0.2, 0.25) is 5.02 Å². The SMILES string of the molecule is O=C(NNC1CC(=O)N(c2ccccc2Cl)C1=O)c1cccc(F)c1. The molecule has 0 spiro atoms. The summed E-state index contributed by atoms with van der Waals surface area (Å²) in [5, 5.41) is 0.272. The van der Waals surface area contributed by atoms with Crippen LogP contribution in [0.1, 0.15) is 16.8 Å². The number of imide groups is 1. The van der Waals surface area contributed by atoms with E-state index < -0.39 is 29.6 Å². The highest BCUT2D eigenvalue weighted by Crippen LogP contribution is 2.29. The van der Waals surface area contributed by atoms with Crippen molar-refractivity contribution in [2.24, 2.45) is 0 Å². The number of nitrogens with zero attached hydrogens (tertiary/aromatic N) is 1. The molecule has 1 atom stereocenters. The normalized spacial score (nSPS) is 17.0. The Balaban J connectivity index is 1.69. The number of hydrogen-bond acceptors (Lipinski definition) is 4. The van der Waals surface area contributed by atoms with Crippen LogP contribution in [0.3, 0.4) is 0 Å². The number of carbonyl (C=O) groups is 3. The van der Waals surface area contributed by atoms with E-state index in [0.717, 1.165) is 11.0 Å². The first-order valence-electron chi connectivity index (χ1n) is 7.40. The number of hydrazine groups is 1. The van der Waals surface area contributed by atoms with E-state index in [1.807, 2.05) is 0 Å². The standard InChI is InChI=1S/C17H13ClFN3O3/c18-12-6-1-2-7-14(12)22-15(23)9-13(17(22)25)20-21-16(24)10-4-3-5-11(19)8-10/h1-8,13,20H,9H2,(H,21,24). The number of carbonyl (C=O) groups excluding carboxylic acids is 3. The van der Waals surface area contributed by atoms with Gasteiger partial charge in [-0.3, -0.25) is 19.8 Å². The highest BCUT2D eigenvalue weighted by molar-refractivity contribution is 6.36. The van der Waals surface area contributed by atoms with Crippen molar-refractivity contribution in [2.45, 2.75) is 12.5 Å². The van der Waals surface area contributed by atoms with Gasteiger partial charge in [0.15, 0.2) is 0 Å². The van der Waals surface area contributed by atoms with Gasteiger partial charge in [-0.25, -0.2) is 14.7 Å². The Kier molecular flexibility index (Phi) is 4.78. The third-order valence-corrected chi connectivity index (χ3v) is 4.01. The summed E-state index contributed by atoms with van der Waals surface area (Å²) < 4.78 is 13.1. The van der Waals surface area contributed by atoms with E-state index in [-0.39, 0.29) is 17.0 Å². The fourth-order valence-electron chi connectivity index (χ4n) is 2.49. The maximum atomic E-state index is 13.1. The molecule has 1 saturated heterocycles.